The summed E-state index contributed by atoms with van der Waals surface area (Å²) in [4.78, 5) is 4.49. The van der Waals surface area contributed by atoms with Crippen molar-refractivity contribution < 1.29 is 0 Å². The maximum Gasteiger partial charge on any atom is 0.0954 e. The van der Waals surface area contributed by atoms with Gasteiger partial charge in [-0.3, -0.25) is 0 Å². The van der Waals surface area contributed by atoms with E-state index >= 15 is 0 Å². The summed E-state index contributed by atoms with van der Waals surface area (Å²) in [5, 5.41) is 0. The van der Waals surface area contributed by atoms with E-state index in [0.29, 0.717) is 6.04 Å². The van der Waals surface area contributed by atoms with Crippen molar-refractivity contribution in [3.63, 3.8) is 0 Å². The number of rotatable bonds is 3. The monoisotopic (exact) mass is 193 g/mol. The third kappa shape index (κ3) is 1.69. The summed E-state index contributed by atoms with van der Waals surface area (Å²) in [6.07, 6.45) is 7.90. The molecular weight excluding hydrogens is 174 g/mol. The van der Waals surface area contributed by atoms with Crippen molar-refractivity contribution in [2.24, 2.45) is 5.73 Å². The van der Waals surface area contributed by atoms with E-state index < -0.39 is 0 Å². The van der Waals surface area contributed by atoms with Crippen LogP contribution in [0.25, 0.3) is 0 Å². The molecular formula is C11H19N3. The molecule has 0 bridgehead atoms. The molecule has 0 spiro atoms. The van der Waals surface area contributed by atoms with Crippen LogP contribution in [-0.4, -0.2) is 16.1 Å². The lowest BCUT2D eigenvalue weighted by Gasteiger charge is -2.22. The molecule has 1 aromatic rings. The maximum atomic E-state index is 5.51. The Labute approximate surface area is 85.3 Å². The molecule has 2 rings (SSSR count). The van der Waals surface area contributed by atoms with Gasteiger partial charge in [0.1, 0.15) is 0 Å². The van der Waals surface area contributed by atoms with Crippen LogP contribution in [0.2, 0.25) is 0 Å². The molecule has 2 N–H and O–H groups in total. The predicted molar refractivity (Wildman–Crippen MR) is 57.3 cm³/mol. The summed E-state index contributed by atoms with van der Waals surface area (Å²) in [6.45, 7) is 3.04. The average Bonchev–Trinajstić information content (AvgIpc) is 2.60. The van der Waals surface area contributed by atoms with Gasteiger partial charge in [0.15, 0.2) is 0 Å². The highest BCUT2D eigenvalue weighted by Gasteiger charge is 2.18. The third-order valence-electron chi connectivity index (χ3n) is 3.11. The predicted octanol–water partition coefficient (Wildman–Crippen LogP) is 1.67. The molecule has 2 heterocycles. The molecule has 0 amide bonds. The number of hydrogen-bond acceptors (Lipinski definition) is 2. The minimum Gasteiger partial charge on any atom is -0.332 e. The summed E-state index contributed by atoms with van der Waals surface area (Å²) >= 11 is 0. The van der Waals surface area contributed by atoms with Crippen molar-refractivity contribution in [3.05, 3.63) is 17.7 Å². The fourth-order valence-electron chi connectivity index (χ4n) is 2.26. The molecule has 3 heteroatoms. The van der Waals surface area contributed by atoms with Crippen molar-refractivity contribution in [1.82, 2.24) is 9.55 Å². The highest BCUT2D eigenvalue weighted by atomic mass is 15.1. The zero-order valence-corrected chi connectivity index (χ0v) is 8.87. The van der Waals surface area contributed by atoms with Crippen LogP contribution in [0.15, 0.2) is 6.33 Å². The van der Waals surface area contributed by atoms with Crippen LogP contribution in [0, 0.1) is 0 Å². The van der Waals surface area contributed by atoms with E-state index in [1.54, 1.807) is 0 Å². The summed E-state index contributed by atoms with van der Waals surface area (Å²) in [5.41, 5.74) is 8.25. The molecule has 1 aliphatic heterocycles. The minimum absolute atomic E-state index is 0.637. The van der Waals surface area contributed by atoms with Crippen LogP contribution in [0.5, 0.6) is 0 Å². The van der Waals surface area contributed by atoms with Crippen LogP contribution >= 0.6 is 0 Å². The summed E-state index contributed by atoms with van der Waals surface area (Å²) < 4.78 is 2.34. The van der Waals surface area contributed by atoms with Gasteiger partial charge in [0.05, 0.1) is 12.0 Å². The number of fused-ring (bicyclic) bond motifs is 1. The highest BCUT2D eigenvalue weighted by molar-refractivity contribution is 5.16. The van der Waals surface area contributed by atoms with E-state index in [4.69, 9.17) is 5.73 Å². The Morgan fingerprint density at radius 3 is 3.29 bits per heavy atom. The largest absolute Gasteiger partial charge is 0.332 e. The first-order chi connectivity index (χ1) is 6.83. The van der Waals surface area contributed by atoms with Gasteiger partial charge in [-0.15, -0.1) is 0 Å². The van der Waals surface area contributed by atoms with Crippen molar-refractivity contribution >= 4 is 0 Å². The topological polar surface area (TPSA) is 43.8 Å². The van der Waals surface area contributed by atoms with Crippen LogP contribution in [-0.2, 0) is 12.8 Å². The van der Waals surface area contributed by atoms with Crippen molar-refractivity contribution in [2.75, 3.05) is 6.54 Å². The van der Waals surface area contributed by atoms with Gasteiger partial charge in [0.2, 0.25) is 0 Å². The Bertz CT molecular complexity index is 303. The first-order valence-corrected chi connectivity index (χ1v) is 5.57. The van der Waals surface area contributed by atoms with Crippen molar-refractivity contribution in [3.8, 4) is 0 Å². The quantitative estimate of drug-likeness (QED) is 0.793. The van der Waals surface area contributed by atoms with Gasteiger partial charge in [-0.2, -0.15) is 0 Å². The van der Waals surface area contributed by atoms with E-state index in [1.165, 1.54) is 30.7 Å². The van der Waals surface area contributed by atoms with Crippen LogP contribution < -0.4 is 5.73 Å². The van der Waals surface area contributed by atoms with E-state index in [9.17, 15) is 0 Å². The molecule has 78 valence electrons. The first-order valence-electron chi connectivity index (χ1n) is 5.57. The Morgan fingerprint density at radius 2 is 2.50 bits per heavy atom. The van der Waals surface area contributed by atoms with E-state index in [-0.39, 0.29) is 0 Å². The second kappa shape index (κ2) is 4.13. The van der Waals surface area contributed by atoms with Gasteiger partial charge < -0.3 is 10.3 Å². The Kier molecular flexibility index (Phi) is 2.87. The van der Waals surface area contributed by atoms with E-state index in [0.717, 1.165) is 19.4 Å². The molecule has 3 nitrogen and oxygen atoms in total. The summed E-state index contributed by atoms with van der Waals surface area (Å²) in [6, 6.07) is 0.637. The van der Waals surface area contributed by atoms with Crippen LogP contribution in [0.4, 0.5) is 0 Å². The van der Waals surface area contributed by atoms with Gasteiger partial charge in [-0.05, 0) is 45.6 Å². The van der Waals surface area contributed by atoms with Crippen molar-refractivity contribution in [2.45, 2.75) is 45.1 Å². The number of nitrogens with two attached hydrogens (primary N) is 1. The highest BCUT2D eigenvalue weighted by Crippen LogP contribution is 2.26. The Morgan fingerprint density at radius 1 is 1.64 bits per heavy atom. The normalized spacial score (nSPS) is 20.9. The lowest BCUT2D eigenvalue weighted by atomic mass is 10.0. The van der Waals surface area contributed by atoms with Crippen LogP contribution in [0.1, 0.15) is 43.6 Å². The molecule has 0 fully saturated rings. The second-order valence-electron chi connectivity index (χ2n) is 4.18. The average molecular weight is 193 g/mol. The molecule has 0 radical (unpaired) electrons. The molecule has 1 unspecified atom stereocenters. The number of aromatic nitrogens is 2. The first kappa shape index (κ1) is 9.71. The van der Waals surface area contributed by atoms with Gasteiger partial charge in [0, 0.05) is 11.7 Å². The molecule has 0 aliphatic carbocycles. The molecule has 0 aromatic carbocycles. The SMILES string of the molecule is CC1CCCc2c(CCCN)ncn21. The molecule has 0 saturated heterocycles. The molecule has 1 aromatic heterocycles. The molecule has 1 atom stereocenters. The maximum absolute atomic E-state index is 5.51. The van der Waals surface area contributed by atoms with Gasteiger partial charge >= 0.3 is 0 Å². The second-order valence-corrected chi connectivity index (χ2v) is 4.18. The van der Waals surface area contributed by atoms with Gasteiger partial charge in [-0.25, -0.2) is 4.98 Å². The van der Waals surface area contributed by atoms with Crippen molar-refractivity contribution in [1.29, 1.82) is 0 Å². The fourth-order valence-corrected chi connectivity index (χ4v) is 2.26. The van der Waals surface area contributed by atoms with E-state index in [1.807, 2.05) is 6.33 Å². The lowest BCUT2D eigenvalue weighted by molar-refractivity contribution is 0.430. The number of aryl methyl sites for hydroxylation is 1. The smallest absolute Gasteiger partial charge is 0.0954 e. The summed E-state index contributed by atoms with van der Waals surface area (Å²) in [7, 11) is 0. The lowest BCUT2D eigenvalue weighted by Crippen LogP contribution is -2.15. The molecule has 0 saturated carbocycles. The van der Waals surface area contributed by atoms with E-state index in [2.05, 4.69) is 16.5 Å². The van der Waals surface area contributed by atoms with Gasteiger partial charge in [0.25, 0.3) is 0 Å². The minimum atomic E-state index is 0.637. The number of imidazole rings is 1. The van der Waals surface area contributed by atoms with Gasteiger partial charge in [-0.1, -0.05) is 0 Å². The zero-order chi connectivity index (χ0) is 9.97. The number of nitrogens with zero attached hydrogens (tertiary/aromatic N) is 2. The molecule has 1 aliphatic rings. The van der Waals surface area contributed by atoms with Crippen LogP contribution in [0.3, 0.4) is 0 Å². The molecule has 14 heavy (non-hydrogen) atoms. The zero-order valence-electron chi connectivity index (χ0n) is 8.87. The standard InChI is InChI=1S/C11H19N3/c1-9-4-2-6-11-10(5-3-7-12)13-8-14(9)11/h8-9H,2-7,12H2,1H3. The third-order valence-corrected chi connectivity index (χ3v) is 3.11. The summed E-state index contributed by atoms with van der Waals surface area (Å²) in [5.74, 6) is 0. The fraction of sp³-hybridized carbons (Fsp3) is 0.727. The number of hydrogen-bond donors (Lipinski definition) is 1. The Hall–Kier alpha value is -0.830. The Balaban J connectivity index is 2.18.